The number of hydrogen-bond acceptors (Lipinski definition) is 1. The van der Waals surface area contributed by atoms with Crippen molar-refractivity contribution in [1.29, 1.82) is 0 Å². The lowest BCUT2D eigenvalue weighted by atomic mass is 10.0. The quantitative estimate of drug-likeness (QED) is 0.624. The number of rotatable bonds is 5. The first kappa shape index (κ1) is 10.0. The van der Waals surface area contributed by atoms with E-state index in [0.29, 0.717) is 0 Å². The Bertz CT molecular complexity index is 112. The topological polar surface area (TPSA) is 12.0 Å². The standard InChI is InChI=1S/C11H23N/c1-3-7-12-9-11-6-5-10(4-2)8-11/h10-12H,3-9H2,1-2H3. The van der Waals surface area contributed by atoms with E-state index in [1.54, 1.807) is 0 Å². The van der Waals surface area contributed by atoms with E-state index in [-0.39, 0.29) is 0 Å². The molecule has 2 unspecified atom stereocenters. The van der Waals surface area contributed by atoms with Crippen molar-refractivity contribution in [3.05, 3.63) is 0 Å². The lowest BCUT2D eigenvalue weighted by molar-refractivity contribution is 0.453. The Morgan fingerprint density at radius 3 is 2.50 bits per heavy atom. The molecule has 12 heavy (non-hydrogen) atoms. The zero-order chi connectivity index (χ0) is 8.81. The SMILES string of the molecule is CCCNCC1CCC(CC)C1. The molecule has 1 N–H and O–H groups in total. The van der Waals surface area contributed by atoms with Gasteiger partial charge in [0, 0.05) is 0 Å². The molecule has 0 heterocycles. The maximum atomic E-state index is 3.52. The van der Waals surface area contributed by atoms with Gasteiger partial charge in [0.2, 0.25) is 0 Å². The van der Waals surface area contributed by atoms with Gasteiger partial charge in [-0.3, -0.25) is 0 Å². The Morgan fingerprint density at radius 1 is 1.17 bits per heavy atom. The molecule has 1 aliphatic rings. The molecule has 0 aromatic heterocycles. The Balaban J connectivity index is 2.03. The Kier molecular flexibility index (Phi) is 4.67. The third-order valence-electron chi connectivity index (χ3n) is 3.09. The van der Waals surface area contributed by atoms with Crippen LogP contribution >= 0.6 is 0 Å². The van der Waals surface area contributed by atoms with Crippen LogP contribution in [0.1, 0.15) is 46.0 Å². The average Bonchev–Trinajstić information content (AvgIpc) is 2.53. The minimum absolute atomic E-state index is 0.987. The highest BCUT2D eigenvalue weighted by atomic mass is 14.9. The predicted octanol–water partition coefficient (Wildman–Crippen LogP) is 2.81. The monoisotopic (exact) mass is 169 g/mol. The van der Waals surface area contributed by atoms with Crippen molar-refractivity contribution in [2.45, 2.75) is 46.0 Å². The van der Waals surface area contributed by atoms with Gasteiger partial charge in [-0.1, -0.05) is 26.7 Å². The second-order valence-corrected chi connectivity index (χ2v) is 4.16. The summed E-state index contributed by atoms with van der Waals surface area (Å²) in [5.41, 5.74) is 0. The highest BCUT2D eigenvalue weighted by Crippen LogP contribution is 2.32. The van der Waals surface area contributed by atoms with Gasteiger partial charge in [-0.2, -0.15) is 0 Å². The molecule has 0 spiro atoms. The van der Waals surface area contributed by atoms with Crippen molar-refractivity contribution < 1.29 is 0 Å². The summed E-state index contributed by atoms with van der Waals surface area (Å²) in [6, 6.07) is 0. The summed E-state index contributed by atoms with van der Waals surface area (Å²) in [4.78, 5) is 0. The van der Waals surface area contributed by atoms with Crippen LogP contribution in [-0.2, 0) is 0 Å². The third kappa shape index (κ3) is 3.14. The van der Waals surface area contributed by atoms with Gasteiger partial charge in [0.25, 0.3) is 0 Å². The smallest absolute Gasteiger partial charge is 0.00204 e. The normalized spacial score (nSPS) is 29.5. The van der Waals surface area contributed by atoms with Gasteiger partial charge < -0.3 is 5.32 Å². The van der Waals surface area contributed by atoms with Crippen molar-refractivity contribution in [3.63, 3.8) is 0 Å². The molecule has 1 rings (SSSR count). The molecule has 1 aliphatic carbocycles. The minimum Gasteiger partial charge on any atom is -0.316 e. The molecule has 1 heteroatoms. The second kappa shape index (κ2) is 5.58. The summed E-state index contributed by atoms with van der Waals surface area (Å²) in [7, 11) is 0. The van der Waals surface area contributed by atoms with Crippen LogP contribution in [0, 0.1) is 11.8 Å². The molecule has 1 saturated carbocycles. The molecule has 0 aliphatic heterocycles. The van der Waals surface area contributed by atoms with E-state index in [1.165, 1.54) is 45.2 Å². The van der Waals surface area contributed by atoms with Crippen LogP contribution in [0.15, 0.2) is 0 Å². The zero-order valence-corrected chi connectivity index (χ0v) is 8.60. The highest BCUT2D eigenvalue weighted by molar-refractivity contribution is 4.75. The van der Waals surface area contributed by atoms with Gasteiger partial charge in [-0.05, 0) is 44.2 Å². The van der Waals surface area contributed by atoms with Crippen molar-refractivity contribution in [3.8, 4) is 0 Å². The van der Waals surface area contributed by atoms with Crippen LogP contribution in [-0.4, -0.2) is 13.1 Å². The number of nitrogens with one attached hydrogen (secondary N) is 1. The van der Waals surface area contributed by atoms with E-state index >= 15 is 0 Å². The van der Waals surface area contributed by atoms with Crippen LogP contribution < -0.4 is 5.32 Å². The summed E-state index contributed by atoms with van der Waals surface area (Å²) >= 11 is 0. The third-order valence-corrected chi connectivity index (χ3v) is 3.09. The first-order valence-corrected chi connectivity index (χ1v) is 5.57. The maximum absolute atomic E-state index is 3.52. The van der Waals surface area contributed by atoms with E-state index in [9.17, 15) is 0 Å². The Labute approximate surface area is 76.9 Å². The van der Waals surface area contributed by atoms with Crippen LogP contribution in [0.5, 0.6) is 0 Å². The largest absolute Gasteiger partial charge is 0.316 e. The van der Waals surface area contributed by atoms with Crippen molar-refractivity contribution in [2.24, 2.45) is 11.8 Å². The molecule has 1 nitrogen and oxygen atoms in total. The lowest BCUT2D eigenvalue weighted by Crippen LogP contribution is -2.22. The predicted molar refractivity (Wildman–Crippen MR) is 54.3 cm³/mol. The Hall–Kier alpha value is -0.0400. The Morgan fingerprint density at radius 2 is 1.92 bits per heavy atom. The maximum Gasteiger partial charge on any atom is -0.00204 e. The van der Waals surface area contributed by atoms with Gasteiger partial charge in [0.15, 0.2) is 0 Å². The second-order valence-electron chi connectivity index (χ2n) is 4.16. The highest BCUT2D eigenvalue weighted by Gasteiger charge is 2.22. The summed E-state index contributed by atoms with van der Waals surface area (Å²) in [6.45, 7) is 7.03. The molecule has 1 fully saturated rings. The fourth-order valence-electron chi connectivity index (χ4n) is 2.22. The lowest BCUT2D eigenvalue weighted by Gasteiger charge is -2.10. The summed E-state index contributed by atoms with van der Waals surface area (Å²) < 4.78 is 0. The molecule has 0 aromatic carbocycles. The van der Waals surface area contributed by atoms with E-state index in [1.807, 2.05) is 0 Å². The molecule has 0 aromatic rings. The first-order valence-electron chi connectivity index (χ1n) is 5.57. The first-order chi connectivity index (χ1) is 5.86. The van der Waals surface area contributed by atoms with Crippen LogP contribution in [0.4, 0.5) is 0 Å². The van der Waals surface area contributed by atoms with E-state index < -0.39 is 0 Å². The van der Waals surface area contributed by atoms with Crippen molar-refractivity contribution in [2.75, 3.05) is 13.1 Å². The van der Waals surface area contributed by atoms with E-state index in [0.717, 1.165) is 11.8 Å². The van der Waals surface area contributed by atoms with Crippen LogP contribution in [0.2, 0.25) is 0 Å². The molecule has 0 radical (unpaired) electrons. The van der Waals surface area contributed by atoms with Crippen molar-refractivity contribution >= 4 is 0 Å². The fourth-order valence-corrected chi connectivity index (χ4v) is 2.22. The van der Waals surface area contributed by atoms with Gasteiger partial charge in [0.05, 0.1) is 0 Å². The minimum atomic E-state index is 0.987. The molecule has 2 atom stereocenters. The molecule has 0 saturated heterocycles. The molecule has 0 amide bonds. The van der Waals surface area contributed by atoms with E-state index in [4.69, 9.17) is 0 Å². The molecular weight excluding hydrogens is 146 g/mol. The summed E-state index contributed by atoms with van der Waals surface area (Å²) in [6.07, 6.45) is 7.09. The average molecular weight is 169 g/mol. The van der Waals surface area contributed by atoms with Crippen LogP contribution in [0.25, 0.3) is 0 Å². The summed E-state index contributed by atoms with van der Waals surface area (Å²) in [5.74, 6) is 2.03. The van der Waals surface area contributed by atoms with Gasteiger partial charge >= 0.3 is 0 Å². The zero-order valence-electron chi connectivity index (χ0n) is 8.60. The van der Waals surface area contributed by atoms with Crippen LogP contribution in [0.3, 0.4) is 0 Å². The molecule has 72 valence electrons. The van der Waals surface area contributed by atoms with Gasteiger partial charge in [-0.15, -0.1) is 0 Å². The van der Waals surface area contributed by atoms with Gasteiger partial charge in [-0.25, -0.2) is 0 Å². The fraction of sp³-hybridized carbons (Fsp3) is 1.00. The molecular formula is C11H23N. The number of hydrogen-bond donors (Lipinski definition) is 1. The summed E-state index contributed by atoms with van der Waals surface area (Å²) in [5, 5.41) is 3.52. The van der Waals surface area contributed by atoms with E-state index in [2.05, 4.69) is 19.2 Å². The molecule has 0 bridgehead atoms. The van der Waals surface area contributed by atoms with Crippen molar-refractivity contribution in [1.82, 2.24) is 5.32 Å². The van der Waals surface area contributed by atoms with Gasteiger partial charge in [0.1, 0.15) is 0 Å².